The molecule has 0 unspecified atom stereocenters. The van der Waals surface area contributed by atoms with E-state index in [1.54, 1.807) is 0 Å². The summed E-state index contributed by atoms with van der Waals surface area (Å²) in [5.74, 6) is -2.32. The van der Waals surface area contributed by atoms with Crippen molar-refractivity contribution in [2.45, 2.75) is 6.42 Å². The molecule has 1 aromatic carbocycles. The number of aromatic hydroxyl groups is 1. The van der Waals surface area contributed by atoms with Gasteiger partial charge in [-0.15, -0.1) is 0 Å². The van der Waals surface area contributed by atoms with Crippen molar-refractivity contribution in [2.24, 2.45) is 5.73 Å². The summed E-state index contributed by atoms with van der Waals surface area (Å²) in [5.41, 5.74) is 5.09. The third-order valence-electron chi connectivity index (χ3n) is 1.63. The van der Waals surface area contributed by atoms with Crippen molar-refractivity contribution in [3.63, 3.8) is 0 Å². The molecule has 0 aliphatic carbocycles. The topological polar surface area (TPSA) is 46.2 Å². The highest BCUT2D eigenvalue weighted by molar-refractivity contribution is 9.10. The summed E-state index contributed by atoms with van der Waals surface area (Å²) >= 11 is 2.90. The van der Waals surface area contributed by atoms with E-state index in [2.05, 4.69) is 15.9 Å². The first-order valence-corrected chi connectivity index (χ1v) is 4.42. The van der Waals surface area contributed by atoms with Gasteiger partial charge in [0.2, 0.25) is 0 Å². The van der Waals surface area contributed by atoms with Crippen LogP contribution < -0.4 is 5.73 Å². The molecular weight excluding hydrogens is 244 g/mol. The van der Waals surface area contributed by atoms with Crippen LogP contribution in [0.4, 0.5) is 8.78 Å². The summed E-state index contributed by atoms with van der Waals surface area (Å²) < 4.78 is 25.9. The standard InChI is InChI=1S/C8H8BrF2NO/c9-5-3-6(10)7(11)4(1-2-12)8(5)13/h3,13H,1-2,12H2. The van der Waals surface area contributed by atoms with Crippen LogP contribution in [0.2, 0.25) is 0 Å². The van der Waals surface area contributed by atoms with Crippen LogP contribution >= 0.6 is 15.9 Å². The lowest BCUT2D eigenvalue weighted by Gasteiger charge is -2.07. The third kappa shape index (κ3) is 1.97. The van der Waals surface area contributed by atoms with Crippen LogP contribution in [0.1, 0.15) is 5.56 Å². The lowest BCUT2D eigenvalue weighted by atomic mass is 10.1. The Kier molecular flexibility index (Phi) is 3.22. The van der Waals surface area contributed by atoms with E-state index in [9.17, 15) is 13.9 Å². The molecule has 0 fully saturated rings. The molecule has 0 bridgehead atoms. The first kappa shape index (κ1) is 10.4. The molecule has 2 nitrogen and oxygen atoms in total. The highest BCUT2D eigenvalue weighted by Gasteiger charge is 2.15. The van der Waals surface area contributed by atoms with Gasteiger partial charge in [-0.05, 0) is 35.0 Å². The van der Waals surface area contributed by atoms with Gasteiger partial charge in [0.05, 0.1) is 4.47 Å². The highest BCUT2D eigenvalue weighted by atomic mass is 79.9. The molecule has 0 heterocycles. The van der Waals surface area contributed by atoms with Gasteiger partial charge in [0.15, 0.2) is 11.6 Å². The van der Waals surface area contributed by atoms with E-state index in [1.807, 2.05) is 0 Å². The lowest BCUT2D eigenvalue weighted by Crippen LogP contribution is -2.06. The number of nitrogens with two attached hydrogens (primary N) is 1. The van der Waals surface area contributed by atoms with E-state index in [4.69, 9.17) is 5.73 Å². The maximum Gasteiger partial charge on any atom is 0.165 e. The van der Waals surface area contributed by atoms with E-state index < -0.39 is 11.6 Å². The zero-order chi connectivity index (χ0) is 10.0. The minimum Gasteiger partial charge on any atom is -0.506 e. The number of hydrogen-bond donors (Lipinski definition) is 2. The van der Waals surface area contributed by atoms with Gasteiger partial charge in [0, 0.05) is 5.56 Å². The molecule has 0 saturated carbocycles. The van der Waals surface area contributed by atoms with Crippen molar-refractivity contribution in [1.82, 2.24) is 0 Å². The fourth-order valence-electron chi connectivity index (χ4n) is 1.01. The molecule has 3 N–H and O–H groups in total. The average Bonchev–Trinajstić information content (AvgIpc) is 2.09. The highest BCUT2D eigenvalue weighted by Crippen LogP contribution is 2.31. The van der Waals surface area contributed by atoms with Gasteiger partial charge in [0.25, 0.3) is 0 Å². The maximum atomic E-state index is 13.0. The molecule has 1 aromatic rings. The van der Waals surface area contributed by atoms with Gasteiger partial charge in [-0.25, -0.2) is 8.78 Å². The SMILES string of the molecule is NCCc1c(O)c(Br)cc(F)c1F. The predicted octanol–water partition coefficient (Wildman–Crippen LogP) is 1.93. The summed E-state index contributed by atoms with van der Waals surface area (Å²) in [7, 11) is 0. The molecular formula is C8H8BrF2NO. The lowest BCUT2D eigenvalue weighted by molar-refractivity contribution is 0.438. The Bertz CT molecular complexity index is 304. The Morgan fingerprint density at radius 3 is 2.62 bits per heavy atom. The summed E-state index contributed by atoms with van der Waals surface area (Å²) in [6, 6.07) is 0.880. The molecule has 13 heavy (non-hydrogen) atoms. The fourth-order valence-corrected chi connectivity index (χ4v) is 1.45. The van der Waals surface area contributed by atoms with Crippen LogP contribution in [0.25, 0.3) is 0 Å². The Morgan fingerprint density at radius 2 is 2.08 bits per heavy atom. The Hall–Kier alpha value is -0.680. The first-order chi connectivity index (χ1) is 6.07. The molecule has 72 valence electrons. The molecule has 0 spiro atoms. The van der Waals surface area contributed by atoms with Gasteiger partial charge in [0.1, 0.15) is 5.75 Å². The van der Waals surface area contributed by atoms with Crippen molar-refractivity contribution in [2.75, 3.05) is 6.54 Å². The maximum absolute atomic E-state index is 13.0. The van der Waals surface area contributed by atoms with Crippen LogP contribution in [0.5, 0.6) is 5.75 Å². The van der Waals surface area contributed by atoms with Gasteiger partial charge >= 0.3 is 0 Å². The van der Waals surface area contributed by atoms with E-state index in [0.29, 0.717) is 0 Å². The fraction of sp³-hybridized carbons (Fsp3) is 0.250. The molecule has 5 heteroatoms. The number of halogens is 3. The molecule has 0 saturated heterocycles. The minimum absolute atomic E-state index is 0.0885. The number of hydrogen-bond acceptors (Lipinski definition) is 2. The zero-order valence-corrected chi connectivity index (χ0v) is 8.24. The van der Waals surface area contributed by atoms with Crippen molar-refractivity contribution in [3.8, 4) is 5.75 Å². The average molecular weight is 252 g/mol. The van der Waals surface area contributed by atoms with Crippen molar-refractivity contribution < 1.29 is 13.9 Å². The minimum atomic E-state index is -1.04. The predicted molar refractivity (Wildman–Crippen MR) is 48.5 cm³/mol. The van der Waals surface area contributed by atoms with Crippen molar-refractivity contribution in [3.05, 3.63) is 27.7 Å². The number of rotatable bonds is 2. The summed E-state index contributed by atoms with van der Waals surface area (Å²) in [6.07, 6.45) is 0.105. The van der Waals surface area contributed by atoms with Crippen LogP contribution in [0.3, 0.4) is 0 Å². The molecule has 0 atom stereocenters. The second kappa shape index (κ2) is 4.02. The second-order valence-electron chi connectivity index (χ2n) is 2.52. The quantitative estimate of drug-likeness (QED) is 0.790. The number of phenolic OH excluding ortho intramolecular Hbond substituents is 1. The first-order valence-electron chi connectivity index (χ1n) is 3.63. The van der Waals surface area contributed by atoms with Gasteiger partial charge in [-0.2, -0.15) is 0 Å². The normalized spacial score (nSPS) is 10.5. The largest absolute Gasteiger partial charge is 0.506 e. The summed E-state index contributed by atoms with van der Waals surface area (Å²) in [6.45, 7) is 0.153. The van der Waals surface area contributed by atoms with E-state index in [1.165, 1.54) is 0 Å². The monoisotopic (exact) mass is 251 g/mol. The van der Waals surface area contributed by atoms with E-state index >= 15 is 0 Å². The molecule has 1 rings (SSSR count). The second-order valence-corrected chi connectivity index (χ2v) is 3.37. The van der Waals surface area contributed by atoms with E-state index in [0.717, 1.165) is 6.07 Å². The van der Waals surface area contributed by atoms with Crippen LogP contribution in [-0.2, 0) is 6.42 Å². The molecule has 0 aliphatic rings. The van der Waals surface area contributed by atoms with Gasteiger partial charge in [-0.1, -0.05) is 0 Å². The molecule has 0 aliphatic heterocycles. The number of benzene rings is 1. The Balaban J connectivity index is 3.28. The molecule has 0 aromatic heterocycles. The number of phenols is 1. The van der Waals surface area contributed by atoms with Crippen LogP contribution in [0, 0.1) is 11.6 Å². The Labute approximate surface area is 82.5 Å². The molecule has 0 radical (unpaired) electrons. The zero-order valence-electron chi connectivity index (χ0n) is 6.65. The summed E-state index contributed by atoms with van der Waals surface area (Å²) in [4.78, 5) is 0. The summed E-state index contributed by atoms with van der Waals surface area (Å²) in [5, 5.41) is 9.32. The van der Waals surface area contributed by atoms with Crippen LogP contribution in [-0.4, -0.2) is 11.7 Å². The Morgan fingerprint density at radius 1 is 1.46 bits per heavy atom. The third-order valence-corrected chi connectivity index (χ3v) is 2.24. The molecule has 0 amide bonds. The smallest absolute Gasteiger partial charge is 0.165 e. The van der Waals surface area contributed by atoms with Crippen LogP contribution in [0.15, 0.2) is 10.5 Å². The van der Waals surface area contributed by atoms with Gasteiger partial charge < -0.3 is 10.8 Å². The van der Waals surface area contributed by atoms with E-state index in [-0.39, 0.29) is 28.8 Å². The van der Waals surface area contributed by atoms with Gasteiger partial charge in [-0.3, -0.25) is 0 Å². The van der Waals surface area contributed by atoms with Crippen molar-refractivity contribution in [1.29, 1.82) is 0 Å². The van der Waals surface area contributed by atoms with Crippen molar-refractivity contribution >= 4 is 15.9 Å².